The van der Waals surface area contributed by atoms with Crippen molar-refractivity contribution in [2.75, 3.05) is 25.0 Å². The number of hydrogen-bond donors (Lipinski definition) is 1. The fraction of sp³-hybridized carbons (Fsp3) is 0.360. The molecule has 0 atom stereocenters. The minimum absolute atomic E-state index is 0.210. The van der Waals surface area contributed by atoms with Crippen molar-refractivity contribution < 1.29 is 17.9 Å². The van der Waals surface area contributed by atoms with Crippen molar-refractivity contribution in [2.24, 2.45) is 5.92 Å². The zero-order chi connectivity index (χ0) is 24.1. The lowest BCUT2D eigenvalue weighted by molar-refractivity contribution is 0.102. The third-order valence-corrected chi connectivity index (χ3v) is 8.52. The topological polar surface area (TPSA) is 88.6 Å². The minimum atomic E-state index is -3.54. The Morgan fingerprint density at radius 1 is 1.12 bits per heavy atom. The van der Waals surface area contributed by atoms with Crippen LogP contribution < -0.4 is 10.1 Å². The number of piperidine rings is 1. The SMILES string of the molecule is CCCOc1ccc(-c2csc(NC(=O)c3ccc(S(=O)(=O)N4CCC(C)CC4)cc3)n2)cc1. The van der Waals surface area contributed by atoms with Gasteiger partial charge in [0.2, 0.25) is 10.0 Å². The molecule has 0 unspecified atom stereocenters. The first kappa shape index (κ1) is 24.4. The van der Waals surface area contributed by atoms with Crippen LogP contribution in [-0.2, 0) is 10.0 Å². The van der Waals surface area contributed by atoms with Crippen LogP contribution in [0.2, 0.25) is 0 Å². The van der Waals surface area contributed by atoms with Crippen molar-refractivity contribution in [1.82, 2.24) is 9.29 Å². The Labute approximate surface area is 204 Å². The molecule has 34 heavy (non-hydrogen) atoms. The summed E-state index contributed by atoms with van der Waals surface area (Å²) in [5.41, 5.74) is 2.07. The molecule has 1 N–H and O–H groups in total. The number of carbonyl (C=O) groups is 1. The third-order valence-electron chi connectivity index (χ3n) is 5.84. The molecule has 4 rings (SSSR count). The van der Waals surface area contributed by atoms with Crippen LogP contribution in [0.25, 0.3) is 11.3 Å². The van der Waals surface area contributed by atoms with Gasteiger partial charge in [-0.3, -0.25) is 10.1 Å². The molecule has 0 spiro atoms. The predicted octanol–water partition coefficient (Wildman–Crippen LogP) is 5.27. The molecule has 9 heteroatoms. The Bertz CT molecular complexity index is 1210. The van der Waals surface area contributed by atoms with E-state index in [9.17, 15) is 13.2 Å². The smallest absolute Gasteiger partial charge is 0.257 e. The number of sulfonamides is 1. The molecule has 0 radical (unpaired) electrons. The summed E-state index contributed by atoms with van der Waals surface area (Å²) in [4.78, 5) is 17.4. The number of thiazole rings is 1. The highest BCUT2D eigenvalue weighted by molar-refractivity contribution is 7.89. The van der Waals surface area contributed by atoms with Gasteiger partial charge in [-0.2, -0.15) is 4.31 Å². The predicted molar refractivity (Wildman–Crippen MR) is 135 cm³/mol. The van der Waals surface area contributed by atoms with Crippen LogP contribution in [0.5, 0.6) is 5.75 Å². The van der Waals surface area contributed by atoms with Gasteiger partial charge < -0.3 is 4.74 Å². The molecule has 1 saturated heterocycles. The van der Waals surface area contributed by atoms with E-state index in [2.05, 4.69) is 24.1 Å². The van der Waals surface area contributed by atoms with Gasteiger partial charge in [-0.25, -0.2) is 13.4 Å². The zero-order valence-corrected chi connectivity index (χ0v) is 21.0. The average molecular weight is 500 g/mol. The van der Waals surface area contributed by atoms with E-state index in [1.165, 1.54) is 27.8 Å². The Morgan fingerprint density at radius 3 is 2.44 bits per heavy atom. The number of carbonyl (C=O) groups excluding carboxylic acids is 1. The van der Waals surface area contributed by atoms with E-state index in [-0.39, 0.29) is 10.8 Å². The molecule has 1 aromatic heterocycles. The van der Waals surface area contributed by atoms with E-state index in [0.717, 1.165) is 36.3 Å². The molecule has 1 aliphatic heterocycles. The Morgan fingerprint density at radius 2 is 1.79 bits per heavy atom. The lowest BCUT2D eigenvalue weighted by atomic mass is 10.0. The van der Waals surface area contributed by atoms with E-state index in [1.54, 1.807) is 12.1 Å². The Balaban J connectivity index is 1.39. The third kappa shape index (κ3) is 5.65. The highest BCUT2D eigenvalue weighted by Crippen LogP contribution is 2.27. The second-order valence-electron chi connectivity index (χ2n) is 8.48. The molecule has 1 aliphatic rings. The molecular formula is C25H29N3O4S2. The van der Waals surface area contributed by atoms with Crippen molar-refractivity contribution >= 4 is 32.4 Å². The molecule has 1 fully saturated rings. The number of anilines is 1. The summed E-state index contributed by atoms with van der Waals surface area (Å²) in [6.45, 7) is 5.95. The first-order valence-electron chi connectivity index (χ1n) is 11.5. The van der Waals surface area contributed by atoms with Crippen LogP contribution in [0.3, 0.4) is 0 Å². The van der Waals surface area contributed by atoms with Crippen molar-refractivity contribution in [3.05, 3.63) is 59.5 Å². The molecular weight excluding hydrogens is 470 g/mol. The average Bonchev–Trinajstić information content (AvgIpc) is 3.32. The Hall–Kier alpha value is -2.75. The van der Waals surface area contributed by atoms with Gasteiger partial charge >= 0.3 is 0 Å². The summed E-state index contributed by atoms with van der Waals surface area (Å²) in [5, 5.41) is 5.16. The van der Waals surface area contributed by atoms with Crippen LogP contribution >= 0.6 is 11.3 Å². The fourth-order valence-corrected chi connectivity index (χ4v) is 5.91. The molecule has 1 amide bonds. The van der Waals surface area contributed by atoms with Crippen LogP contribution in [0.15, 0.2) is 58.8 Å². The molecule has 0 aliphatic carbocycles. The van der Waals surface area contributed by atoms with Gasteiger partial charge in [0.05, 0.1) is 17.2 Å². The second kappa shape index (κ2) is 10.7. The number of benzene rings is 2. The maximum Gasteiger partial charge on any atom is 0.257 e. The fourth-order valence-electron chi connectivity index (χ4n) is 3.73. The summed E-state index contributed by atoms with van der Waals surface area (Å²) in [6.07, 6.45) is 2.69. The molecule has 0 bridgehead atoms. The summed E-state index contributed by atoms with van der Waals surface area (Å²) < 4.78 is 32.9. The van der Waals surface area contributed by atoms with Gasteiger partial charge in [0.1, 0.15) is 5.75 Å². The number of hydrogen-bond acceptors (Lipinski definition) is 6. The zero-order valence-electron chi connectivity index (χ0n) is 19.4. The van der Waals surface area contributed by atoms with E-state index in [1.807, 2.05) is 29.6 Å². The number of amides is 1. The van der Waals surface area contributed by atoms with Crippen molar-refractivity contribution in [1.29, 1.82) is 0 Å². The van der Waals surface area contributed by atoms with E-state index < -0.39 is 10.0 Å². The summed E-state index contributed by atoms with van der Waals surface area (Å²) >= 11 is 1.33. The monoisotopic (exact) mass is 499 g/mol. The van der Waals surface area contributed by atoms with Gasteiger partial charge in [0, 0.05) is 29.6 Å². The summed E-state index contributed by atoms with van der Waals surface area (Å²) in [7, 11) is -3.54. The molecule has 2 aromatic carbocycles. The first-order chi connectivity index (χ1) is 16.4. The number of rotatable bonds is 8. The van der Waals surface area contributed by atoms with Crippen LogP contribution in [0.4, 0.5) is 5.13 Å². The number of nitrogens with one attached hydrogen (secondary N) is 1. The highest BCUT2D eigenvalue weighted by atomic mass is 32.2. The van der Waals surface area contributed by atoms with Crippen LogP contribution in [-0.4, -0.2) is 43.3 Å². The maximum absolute atomic E-state index is 12.9. The highest BCUT2D eigenvalue weighted by Gasteiger charge is 2.28. The normalized spacial score (nSPS) is 15.2. The first-order valence-corrected chi connectivity index (χ1v) is 13.8. The van der Waals surface area contributed by atoms with Crippen molar-refractivity contribution in [3.63, 3.8) is 0 Å². The largest absolute Gasteiger partial charge is 0.494 e. The molecule has 180 valence electrons. The number of ether oxygens (including phenoxy) is 1. The maximum atomic E-state index is 12.9. The van der Waals surface area contributed by atoms with Gasteiger partial charge in [0.25, 0.3) is 5.91 Å². The van der Waals surface area contributed by atoms with Crippen molar-refractivity contribution in [3.8, 4) is 17.0 Å². The van der Waals surface area contributed by atoms with Gasteiger partial charge in [-0.05, 0) is 73.7 Å². The molecule has 3 aromatic rings. The van der Waals surface area contributed by atoms with E-state index in [4.69, 9.17) is 4.74 Å². The quantitative estimate of drug-likeness (QED) is 0.456. The van der Waals surface area contributed by atoms with Gasteiger partial charge in [0.15, 0.2) is 5.13 Å². The number of aromatic nitrogens is 1. The molecule has 0 saturated carbocycles. The van der Waals surface area contributed by atoms with Crippen molar-refractivity contribution in [2.45, 2.75) is 38.0 Å². The van der Waals surface area contributed by atoms with Gasteiger partial charge in [-0.1, -0.05) is 13.8 Å². The lowest BCUT2D eigenvalue weighted by Gasteiger charge is -2.29. The summed E-state index contributed by atoms with van der Waals surface area (Å²) in [6, 6.07) is 13.8. The minimum Gasteiger partial charge on any atom is -0.494 e. The molecule has 7 nitrogen and oxygen atoms in total. The van der Waals surface area contributed by atoms with E-state index in [0.29, 0.717) is 36.3 Å². The van der Waals surface area contributed by atoms with Crippen LogP contribution in [0.1, 0.15) is 43.5 Å². The summed E-state index contributed by atoms with van der Waals surface area (Å²) in [5.74, 6) is 1.03. The molecule has 2 heterocycles. The second-order valence-corrected chi connectivity index (χ2v) is 11.3. The standard InChI is InChI=1S/C25H29N3O4S2/c1-3-16-32-21-8-4-19(5-9-21)23-17-33-25(26-23)27-24(29)20-6-10-22(11-7-20)34(30,31)28-14-12-18(2)13-15-28/h4-11,17-18H,3,12-16H2,1-2H3,(H,26,27,29). The lowest BCUT2D eigenvalue weighted by Crippen LogP contribution is -2.37. The van der Waals surface area contributed by atoms with Crippen LogP contribution in [0, 0.1) is 5.92 Å². The van der Waals surface area contributed by atoms with E-state index >= 15 is 0 Å². The van der Waals surface area contributed by atoms with Gasteiger partial charge in [-0.15, -0.1) is 11.3 Å². The Kier molecular flexibility index (Phi) is 7.65. The number of nitrogens with zero attached hydrogens (tertiary/aromatic N) is 2.